The van der Waals surface area contributed by atoms with E-state index in [0.717, 1.165) is 25.3 Å². The monoisotopic (exact) mass is 210 g/mol. The maximum Gasteiger partial charge on any atom is 0.240 e. The van der Waals surface area contributed by atoms with E-state index in [1.54, 1.807) is 0 Å². The predicted octanol–water partition coefficient (Wildman–Crippen LogP) is 1.42. The number of nitrogens with two attached hydrogens (primary N) is 1. The fourth-order valence-corrected chi connectivity index (χ4v) is 2.46. The Balaban J connectivity index is 1.74. The van der Waals surface area contributed by atoms with E-state index >= 15 is 0 Å². The lowest BCUT2D eigenvalue weighted by Gasteiger charge is -2.29. The van der Waals surface area contributed by atoms with Crippen LogP contribution in [0.15, 0.2) is 0 Å². The van der Waals surface area contributed by atoms with Crippen LogP contribution >= 0.6 is 0 Å². The molecule has 86 valence electrons. The molecule has 2 unspecified atom stereocenters. The highest BCUT2D eigenvalue weighted by atomic mass is 16.2. The molecule has 3 heteroatoms. The van der Waals surface area contributed by atoms with Crippen molar-refractivity contribution in [3.8, 4) is 0 Å². The summed E-state index contributed by atoms with van der Waals surface area (Å²) in [5.41, 5.74) is 5.33. The number of carbonyl (C=O) groups is 1. The first-order valence-electron chi connectivity index (χ1n) is 6.19. The van der Waals surface area contributed by atoms with Crippen molar-refractivity contribution in [2.24, 2.45) is 17.6 Å². The van der Waals surface area contributed by atoms with E-state index in [1.807, 2.05) is 0 Å². The van der Waals surface area contributed by atoms with Gasteiger partial charge in [-0.15, -0.1) is 0 Å². The molecule has 0 heterocycles. The maximum atomic E-state index is 11.6. The van der Waals surface area contributed by atoms with Crippen molar-refractivity contribution >= 4 is 5.91 Å². The predicted molar refractivity (Wildman–Crippen MR) is 60.3 cm³/mol. The average Bonchev–Trinajstić information content (AvgIpc) is 2.96. The Bertz CT molecular complexity index is 248. The number of carbonyl (C=O) groups excluding carboxylic acids is 1. The molecule has 0 saturated heterocycles. The van der Waals surface area contributed by atoms with Crippen LogP contribution in [0, 0.1) is 11.8 Å². The molecule has 0 aromatic rings. The molecule has 3 N–H and O–H groups in total. The Morgan fingerprint density at radius 2 is 2.07 bits per heavy atom. The summed E-state index contributed by atoms with van der Waals surface area (Å²) in [7, 11) is 0. The van der Waals surface area contributed by atoms with Crippen LogP contribution in [0.1, 0.15) is 45.4 Å². The van der Waals surface area contributed by atoms with Gasteiger partial charge >= 0.3 is 0 Å². The van der Waals surface area contributed by atoms with Gasteiger partial charge < -0.3 is 11.1 Å². The van der Waals surface area contributed by atoms with Gasteiger partial charge in [0.05, 0.1) is 5.54 Å². The van der Waals surface area contributed by atoms with Gasteiger partial charge in [-0.3, -0.25) is 4.79 Å². The number of amides is 1. The van der Waals surface area contributed by atoms with Crippen molar-refractivity contribution < 1.29 is 4.79 Å². The molecule has 2 aliphatic rings. The van der Waals surface area contributed by atoms with Gasteiger partial charge in [0.2, 0.25) is 5.91 Å². The Kier molecular flexibility index (Phi) is 3.01. The summed E-state index contributed by atoms with van der Waals surface area (Å²) in [6, 6.07) is 0. The quantitative estimate of drug-likeness (QED) is 0.740. The van der Waals surface area contributed by atoms with Gasteiger partial charge in [-0.2, -0.15) is 0 Å². The van der Waals surface area contributed by atoms with Crippen molar-refractivity contribution in [3.63, 3.8) is 0 Å². The molecule has 2 fully saturated rings. The van der Waals surface area contributed by atoms with E-state index in [4.69, 9.17) is 5.73 Å². The SMILES string of the molecule is CC1CCCCC1CNC(=O)C1(N)CC1. The van der Waals surface area contributed by atoms with Crippen molar-refractivity contribution in [2.75, 3.05) is 6.54 Å². The molecule has 0 aromatic carbocycles. The van der Waals surface area contributed by atoms with Gasteiger partial charge in [0.1, 0.15) is 0 Å². The van der Waals surface area contributed by atoms with Crippen LogP contribution in [0.3, 0.4) is 0 Å². The molecule has 2 rings (SSSR count). The Morgan fingerprint density at radius 3 is 2.67 bits per heavy atom. The average molecular weight is 210 g/mol. The topological polar surface area (TPSA) is 55.1 Å². The fourth-order valence-electron chi connectivity index (χ4n) is 2.46. The second-order valence-corrected chi connectivity index (χ2v) is 5.39. The second-order valence-electron chi connectivity index (χ2n) is 5.39. The number of rotatable bonds is 3. The third kappa shape index (κ3) is 2.51. The lowest BCUT2D eigenvalue weighted by molar-refractivity contribution is -0.123. The third-order valence-electron chi connectivity index (χ3n) is 4.05. The minimum Gasteiger partial charge on any atom is -0.354 e. The normalized spacial score (nSPS) is 33.5. The third-order valence-corrected chi connectivity index (χ3v) is 4.05. The smallest absolute Gasteiger partial charge is 0.240 e. The molecular formula is C12H22N2O. The molecular weight excluding hydrogens is 188 g/mol. The van der Waals surface area contributed by atoms with Crippen LogP contribution in [-0.2, 0) is 4.79 Å². The number of hydrogen-bond donors (Lipinski definition) is 2. The van der Waals surface area contributed by atoms with Gasteiger partial charge in [0.15, 0.2) is 0 Å². The lowest BCUT2D eigenvalue weighted by Crippen LogP contribution is -2.45. The Morgan fingerprint density at radius 1 is 1.40 bits per heavy atom. The molecule has 3 nitrogen and oxygen atoms in total. The van der Waals surface area contributed by atoms with Gasteiger partial charge in [0.25, 0.3) is 0 Å². The van der Waals surface area contributed by atoms with E-state index < -0.39 is 5.54 Å². The number of nitrogens with one attached hydrogen (secondary N) is 1. The lowest BCUT2D eigenvalue weighted by atomic mass is 9.80. The minimum atomic E-state index is -0.502. The van der Waals surface area contributed by atoms with E-state index in [0.29, 0.717) is 5.92 Å². The van der Waals surface area contributed by atoms with E-state index in [-0.39, 0.29) is 5.91 Å². The van der Waals surface area contributed by atoms with Crippen molar-refractivity contribution in [2.45, 2.75) is 51.0 Å². The summed E-state index contributed by atoms with van der Waals surface area (Å²) in [4.78, 5) is 11.6. The Labute approximate surface area is 91.8 Å². The summed E-state index contributed by atoms with van der Waals surface area (Å²) < 4.78 is 0. The minimum absolute atomic E-state index is 0.0697. The molecule has 0 spiro atoms. The fraction of sp³-hybridized carbons (Fsp3) is 0.917. The van der Waals surface area contributed by atoms with Gasteiger partial charge in [-0.1, -0.05) is 26.2 Å². The van der Waals surface area contributed by atoms with Gasteiger partial charge in [-0.05, 0) is 31.1 Å². The highest BCUT2D eigenvalue weighted by Gasteiger charge is 2.45. The van der Waals surface area contributed by atoms with Crippen LogP contribution in [0.25, 0.3) is 0 Å². The standard InChI is InChI=1S/C12H22N2O/c1-9-4-2-3-5-10(9)8-14-11(15)12(13)6-7-12/h9-10H,2-8,13H2,1H3,(H,14,15). The van der Waals surface area contributed by atoms with Crippen LogP contribution in [0.4, 0.5) is 0 Å². The summed E-state index contributed by atoms with van der Waals surface area (Å²) in [5.74, 6) is 1.50. The highest BCUT2D eigenvalue weighted by Crippen LogP contribution is 2.33. The molecule has 0 bridgehead atoms. The van der Waals surface area contributed by atoms with Crippen molar-refractivity contribution in [1.82, 2.24) is 5.32 Å². The van der Waals surface area contributed by atoms with E-state index in [1.165, 1.54) is 25.7 Å². The van der Waals surface area contributed by atoms with E-state index in [2.05, 4.69) is 12.2 Å². The zero-order valence-corrected chi connectivity index (χ0v) is 9.59. The molecule has 2 atom stereocenters. The first-order valence-corrected chi connectivity index (χ1v) is 6.19. The summed E-state index contributed by atoms with van der Waals surface area (Å²) in [6.07, 6.45) is 6.97. The molecule has 0 aromatic heterocycles. The Hall–Kier alpha value is -0.570. The largest absolute Gasteiger partial charge is 0.354 e. The van der Waals surface area contributed by atoms with Gasteiger partial charge in [0, 0.05) is 6.54 Å². The molecule has 15 heavy (non-hydrogen) atoms. The van der Waals surface area contributed by atoms with Crippen molar-refractivity contribution in [1.29, 1.82) is 0 Å². The summed E-state index contributed by atoms with van der Waals surface area (Å²) in [5, 5.41) is 3.02. The van der Waals surface area contributed by atoms with E-state index in [9.17, 15) is 4.79 Å². The van der Waals surface area contributed by atoms with Crippen LogP contribution < -0.4 is 11.1 Å². The zero-order chi connectivity index (χ0) is 10.9. The molecule has 1 amide bonds. The van der Waals surface area contributed by atoms with Crippen LogP contribution in [0.5, 0.6) is 0 Å². The zero-order valence-electron chi connectivity index (χ0n) is 9.59. The van der Waals surface area contributed by atoms with Crippen LogP contribution in [-0.4, -0.2) is 18.0 Å². The molecule has 0 aliphatic heterocycles. The molecule has 2 saturated carbocycles. The molecule has 0 radical (unpaired) electrons. The second kappa shape index (κ2) is 4.12. The number of hydrogen-bond acceptors (Lipinski definition) is 2. The van der Waals surface area contributed by atoms with Gasteiger partial charge in [-0.25, -0.2) is 0 Å². The summed E-state index contributed by atoms with van der Waals surface area (Å²) in [6.45, 7) is 3.13. The van der Waals surface area contributed by atoms with Crippen molar-refractivity contribution in [3.05, 3.63) is 0 Å². The van der Waals surface area contributed by atoms with Crippen LogP contribution in [0.2, 0.25) is 0 Å². The summed E-state index contributed by atoms with van der Waals surface area (Å²) >= 11 is 0. The highest BCUT2D eigenvalue weighted by molar-refractivity contribution is 5.88. The molecule has 2 aliphatic carbocycles. The first kappa shape index (κ1) is 10.9. The first-order chi connectivity index (χ1) is 7.12. The maximum absolute atomic E-state index is 11.6.